The number of ether oxygens (including phenoxy) is 6. The summed E-state index contributed by atoms with van der Waals surface area (Å²) in [5.41, 5.74) is -2.21. The average molecular weight is 555 g/mol. The van der Waals surface area contributed by atoms with E-state index < -0.39 is 71.5 Å². The number of hydrogen-bond donors (Lipinski definition) is 1. The predicted octanol–water partition coefficient (Wildman–Crippen LogP) is 2.37. The van der Waals surface area contributed by atoms with Crippen LogP contribution < -0.4 is 0 Å². The number of esters is 3. The molecule has 0 spiro atoms. The summed E-state index contributed by atoms with van der Waals surface area (Å²) >= 11 is 0. The first-order chi connectivity index (χ1) is 18.2. The summed E-state index contributed by atoms with van der Waals surface area (Å²) in [4.78, 5) is 48.4. The Bertz CT molecular complexity index is 930. The highest BCUT2D eigenvalue weighted by Crippen LogP contribution is 2.37. The van der Waals surface area contributed by atoms with Crippen LogP contribution in [0, 0.1) is 0 Å². The van der Waals surface area contributed by atoms with Crippen molar-refractivity contribution in [1.82, 2.24) is 0 Å². The van der Waals surface area contributed by atoms with Gasteiger partial charge < -0.3 is 33.5 Å². The Morgan fingerprint density at radius 3 is 2.49 bits per heavy atom. The molecule has 220 valence electrons. The lowest BCUT2D eigenvalue weighted by molar-refractivity contribution is -0.193. The molecule has 0 aromatic carbocycles. The van der Waals surface area contributed by atoms with Gasteiger partial charge in [0.2, 0.25) is 0 Å². The molecule has 1 fully saturated rings. The van der Waals surface area contributed by atoms with E-state index in [0.29, 0.717) is 19.4 Å². The molecule has 0 aromatic rings. The van der Waals surface area contributed by atoms with Crippen LogP contribution in [0.3, 0.4) is 0 Å². The van der Waals surface area contributed by atoms with E-state index >= 15 is 0 Å². The Morgan fingerprint density at radius 2 is 1.92 bits per heavy atom. The molecule has 0 aliphatic carbocycles. The third kappa shape index (κ3) is 9.23. The van der Waals surface area contributed by atoms with Crippen LogP contribution in [0.1, 0.15) is 67.2 Å². The van der Waals surface area contributed by atoms with Crippen molar-refractivity contribution in [3.8, 4) is 0 Å². The number of aliphatic hydroxyl groups is 1. The van der Waals surface area contributed by atoms with Crippen molar-refractivity contribution < 1.29 is 52.7 Å². The molecule has 2 aliphatic heterocycles. The molecule has 0 radical (unpaired) electrons. The third-order valence-electron chi connectivity index (χ3n) is 6.53. The molecule has 39 heavy (non-hydrogen) atoms. The van der Waals surface area contributed by atoms with Crippen LogP contribution in [0.5, 0.6) is 0 Å². The number of hydrogen-bond acceptors (Lipinski definition) is 11. The lowest BCUT2D eigenvalue weighted by atomic mass is 9.90. The second-order valence-corrected chi connectivity index (χ2v) is 10.5. The fourth-order valence-electron chi connectivity index (χ4n) is 4.79. The van der Waals surface area contributed by atoms with Crippen LogP contribution in [0.2, 0.25) is 0 Å². The van der Waals surface area contributed by atoms with Gasteiger partial charge in [-0.25, -0.2) is 0 Å². The monoisotopic (exact) mass is 554 g/mol. The van der Waals surface area contributed by atoms with Gasteiger partial charge in [0.25, 0.3) is 0 Å². The fourth-order valence-corrected chi connectivity index (χ4v) is 4.79. The molecular formula is C28H42O11. The second kappa shape index (κ2) is 14.2. The van der Waals surface area contributed by atoms with Gasteiger partial charge in [-0.3, -0.25) is 19.2 Å². The van der Waals surface area contributed by atoms with E-state index in [4.69, 9.17) is 28.4 Å². The van der Waals surface area contributed by atoms with Crippen molar-refractivity contribution in [2.75, 3.05) is 13.2 Å². The summed E-state index contributed by atoms with van der Waals surface area (Å²) in [6, 6.07) is 0. The quantitative estimate of drug-likeness (QED) is 0.146. The summed E-state index contributed by atoms with van der Waals surface area (Å²) in [5.74, 6) is -2.31. The summed E-state index contributed by atoms with van der Waals surface area (Å²) in [6.07, 6.45) is -0.409. The number of ketones is 1. The van der Waals surface area contributed by atoms with Gasteiger partial charge in [-0.15, -0.1) is 6.58 Å². The van der Waals surface area contributed by atoms with E-state index in [-0.39, 0.29) is 13.0 Å². The number of rotatable bonds is 14. The predicted molar refractivity (Wildman–Crippen MR) is 139 cm³/mol. The molecule has 8 atom stereocenters. The molecule has 1 saturated heterocycles. The van der Waals surface area contributed by atoms with Crippen molar-refractivity contribution in [2.45, 2.75) is 115 Å². The van der Waals surface area contributed by atoms with Crippen LogP contribution in [-0.2, 0) is 47.6 Å². The Labute approximate surface area is 229 Å². The molecule has 0 saturated carbocycles. The van der Waals surface area contributed by atoms with Gasteiger partial charge in [0.05, 0.1) is 11.7 Å². The first kappa shape index (κ1) is 32.6. The summed E-state index contributed by atoms with van der Waals surface area (Å²) in [7, 11) is 0. The number of carbonyl (C=O) groups is 4. The molecule has 2 rings (SSSR count). The lowest BCUT2D eigenvalue weighted by Crippen LogP contribution is -2.54. The van der Waals surface area contributed by atoms with Crippen LogP contribution >= 0.6 is 0 Å². The topological polar surface area (TPSA) is 144 Å². The largest absolute Gasteiger partial charge is 0.462 e. The molecule has 6 unspecified atom stereocenters. The second-order valence-electron chi connectivity index (χ2n) is 10.5. The number of unbranched alkanes of at least 4 members (excludes halogenated alkanes) is 1. The highest BCUT2D eigenvalue weighted by molar-refractivity contribution is 5.95. The minimum absolute atomic E-state index is 0.0233. The van der Waals surface area contributed by atoms with Crippen LogP contribution in [0.15, 0.2) is 24.8 Å². The Balaban J connectivity index is 2.43. The van der Waals surface area contributed by atoms with E-state index in [2.05, 4.69) is 6.58 Å². The third-order valence-corrected chi connectivity index (χ3v) is 6.53. The van der Waals surface area contributed by atoms with Gasteiger partial charge in [-0.2, -0.15) is 0 Å². The van der Waals surface area contributed by atoms with E-state index in [1.807, 2.05) is 6.92 Å². The molecule has 1 N–H and O–H groups in total. The lowest BCUT2D eigenvalue weighted by Gasteiger charge is -2.38. The Kier molecular flexibility index (Phi) is 11.8. The molecule has 0 aromatic heterocycles. The Morgan fingerprint density at radius 1 is 1.23 bits per heavy atom. The molecular weight excluding hydrogens is 512 g/mol. The zero-order chi connectivity index (χ0) is 29.4. The van der Waals surface area contributed by atoms with Gasteiger partial charge in [0.1, 0.15) is 30.5 Å². The maximum atomic E-state index is 12.9. The number of carbonyl (C=O) groups excluding carboxylic acids is 4. The van der Waals surface area contributed by atoms with E-state index in [9.17, 15) is 24.3 Å². The molecule has 11 nitrogen and oxygen atoms in total. The minimum Gasteiger partial charge on any atom is -0.462 e. The highest BCUT2D eigenvalue weighted by Gasteiger charge is 2.55. The standard InChI is InChI=1S/C28H42O11/c1-8-10-14-34-24-21(15-28(7,38-19(5)31)16-35-17(3)29)37-25(22(24)33)26(36-18(4)30)23-20(32)11-13-27(6,39-23)12-9-2/h9,11,13,21-26,33H,2,8,10,12,14-16H2,1,3-7H3/t21?,22?,23?,24?,25?,26-,27-,28?/m1/s1. The first-order valence-corrected chi connectivity index (χ1v) is 13.2. The van der Waals surface area contributed by atoms with E-state index in [1.165, 1.54) is 26.8 Å². The van der Waals surface area contributed by atoms with Crippen LogP contribution in [0.25, 0.3) is 0 Å². The smallest absolute Gasteiger partial charge is 0.303 e. The van der Waals surface area contributed by atoms with E-state index in [1.54, 1.807) is 26.0 Å². The molecule has 11 heteroatoms. The molecule has 2 aliphatic rings. The SMILES string of the molecule is C=CC[C@]1(C)C=CC(=O)C([C@@H](OC(C)=O)C2OC(CC(C)(COC(C)=O)OC(C)=O)C(OCCCC)C2O)O1. The van der Waals surface area contributed by atoms with Crippen molar-refractivity contribution in [3.63, 3.8) is 0 Å². The van der Waals surface area contributed by atoms with E-state index in [0.717, 1.165) is 6.42 Å². The first-order valence-electron chi connectivity index (χ1n) is 13.2. The molecule has 0 bridgehead atoms. The van der Waals surface area contributed by atoms with Crippen molar-refractivity contribution in [3.05, 3.63) is 24.8 Å². The zero-order valence-electron chi connectivity index (χ0n) is 23.7. The summed E-state index contributed by atoms with van der Waals surface area (Å²) in [5, 5.41) is 11.4. The molecule has 0 amide bonds. The van der Waals surface area contributed by atoms with Crippen LogP contribution in [-0.4, -0.2) is 89.8 Å². The average Bonchev–Trinajstić information content (AvgIpc) is 3.12. The maximum absolute atomic E-state index is 12.9. The maximum Gasteiger partial charge on any atom is 0.303 e. The van der Waals surface area contributed by atoms with Gasteiger partial charge >= 0.3 is 17.9 Å². The summed E-state index contributed by atoms with van der Waals surface area (Å²) in [6.45, 7) is 12.7. The van der Waals surface area contributed by atoms with Crippen LogP contribution in [0.4, 0.5) is 0 Å². The van der Waals surface area contributed by atoms with Gasteiger partial charge in [0.15, 0.2) is 18.0 Å². The normalized spacial score (nSPS) is 30.7. The van der Waals surface area contributed by atoms with Crippen molar-refractivity contribution in [1.29, 1.82) is 0 Å². The minimum atomic E-state index is -1.33. The van der Waals surface area contributed by atoms with Crippen molar-refractivity contribution >= 4 is 23.7 Å². The van der Waals surface area contributed by atoms with Crippen molar-refractivity contribution in [2.24, 2.45) is 0 Å². The number of aliphatic hydroxyl groups excluding tert-OH is 1. The van der Waals surface area contributed by atoms with Gasteiger partial charge in [0, 0.05) is 33.8 Å². The van der Waals surface area contributed by atoms with Gasteiger partial charge in [-0.05, 0) is 38.8 Å². The highest BCUT2D eigenvalue weighted by atomic mass is 16.6. The fraction of sp³-hybridized carbons (Fsp3) is 0.714. The zero-order valence-corrected chi connectivity index (χ0v) is 23.7. The van der Waals surface area contributed by atoms with Gasteiger partial charge in [-0.1, -0.05) is 19.4 Å². The summed E-state index contributed by atoms with van der Waals surface area (Å²) < 4.78 is 34.5. The Hall–Kier alpha value is -2.60. The molecule has 2 heterocycles.